The molecule has 0 spiro atoms. The molecule has 1 aromatic heterocycles. The molecule has 0 aliphatic rings. The molecule has 1 heteroatoms. The minimum atomic E-state index is 1.38. The SMILES string of the molecule is CC=C(C)C.b1ccccc1. The predicted octanol–water partition coefficient (Wildman–Crippen LogP) is 3.00. The molecule has 0 aliphatic carbocycles. The Balaban J connectivity index is 0.000000187. The van der Waals surface area contributed by atoms with Crippen LogP contribution in [0, 0.1) is 0 Å². The molecule has 0 fully saturated rings. The van der Waals surface area contributed by atoms with E-state index in [2.05, 4.69) is 19.9 Å². The maximum atomic E-state index is 2.08. The van der Waals surface area contributed by atoms with E-state index in [9.17, 15) is 0 Å². The molecular weight excluding hydrogens is 131 g/mol. The van der Waals surface area contributed by atoms with E-state index in [-0.39, 0.29) is 0 Å². The van der Waals surface area contributed by atoms with Gasteiger partial charge in [0.2, 0.25) is 0 Å². The monoisotopic (exact) mass is 146 g/mol. The van der Waals surface area contributed by atoms with Crippen molar-refractivity contribution in [1.29, 1.82) is 0 Å². The van der Waals surface area contributed by atoms with Crippen LogP contribution in [0.3, 0.4) is 0 Å². The van der Waals surface area contributed by atoms with Crippen molar-refractivity contribution in [3.63, 3.8) is 0 Å². The van der Waals surface area contributed by atoms with Crippen LogP contribution in [-0.4, -0.2) is 6.91 Å². The summed E-state index contributed by atoms with van der Waals surface area (Å²) in [5.74, 6) is 4.00. The van der Waals surface area contributed by atoms with Gasteiger partial charge in [-0.3, -0.25) is 0 Å². The van der Waals surface area contributed by atoms with Gasteiger partial charge >= 0.3 is 37.0 Å². The molecule has 1 aromatic rings. The second-order valence-corrected chi connectivity index (χ2v) is 2.52. The summed E-state index contributed by atoms with van der Waals surface area (Å²) < 4.78 is 0. The quantitative estimate of drug-likeness (QED) is 0.493. The number of rotatable bonds is 0. The van der Waals surface area contributed by atoms with Gasteiger partial charge in [0.25, 0.3) is 0 Å². The summed E-state index contributed by atoms with van der Waals surface area (Å²) >= 11 is 0. The fourth-order valence-electron chi connectivity index (χ4n) is 0.385. The van der Waals surface area contributed by atoms with E-state index < -0.39 is 0 Å². The van der Waals surface area contributed by atoms with E-state index in [1.165, 1.54) is 5.57 Å². The molecule has 0 amide bonds. The van der Waals surface area contributed by atoms with Gasteiger partial charge in [-0.2, -0.15) is 0 Å². The fraction of sp³-hybridized carbons (Fsp3) is 0.300. The summed E-state index contributed by atoms with van der Waals surface area (Å²) in [6.45, 7) is 8.20. The Hall–Kier alpha value is -0.845. The molecule has 58 valence electrons. The summed E-state index contributed by atoms with van der Waals surface area (Å²) in [4.78, 5) is 0. The van der Waals surface area contributed by atoms with Crippen LogP contribution in [0.25, 0.3) is 0 Å². The van der Waals surface area contributed by atoms with Crippen molar-refractivity contribution >= 4 is 6.91 Å². The predicted molar refractivity (Wildman–Crippen MR) is 52.9 cm³/mol. The fourth-order valence-corrected chi connectivity index (χ4v) is 0.385. The Morgan fingerprint density at radius 3 is 1.64 bits per heavy atom. The summed E-state index contributed by atoms with van der Waals surface area (Å²) in [6.07, 6.45) is 2.08. The summed E-state index contributed by atoms with van der Waals surface area (Å²) in [5, 5.41) is 0. The molecule has 0 nitrogen and oxygen atoms in total. The molecule has 0 radical (unpaired) electrons. The topological polar surface area (TPSA) is 0 Å². The Labute approximate surface area is 70.2 Å². The van der Waals surface area contributed by atoms with Crippen LogP contribution in [0.2, 0.25) is 0 Å². The maximum absolute atomic E-state index is 2.08. The normalized spacial score (nSPS) is 7.18. The van der Waals surface area contributed by atoms with Gasteiger partial charge in [0.05, 0.1) is 0 Å². The third kappa shape index (κ3) is 9.15. The Morgan fingerprint density at radius 2 is 1.55 bits per heavy atom. The molecule has 0 aliphatic heterocycles. The number of hydrogen-bond donors (Lipinski definition) is 0. The van der Waals surface area contributed by atoms with Crippen molar-refractivity contribution in [2.24, 2.45) is 0 Å². The average Bonchev–Trinajstić information content (AvgIpc) is 2.09. The van der Waals surface area contributed by atoms with Gasteiger partial charge < -0.3 is 0 Å². The molecule has 1 rings (SSSR count). The van der Waals surface area contributed by atoms with Gasteiger partial charge in [0.1, 0.15) is 0 Å². The summed E-state index contributed by atoms with van der Waals surface area (Å²) in [5.41, 5.74) is 1.38. The number of hydrogen-bond acceptors (Lipinski definition) is 0. The van der Waals surface area contributed by atoms with Crippen LogP contribution in [0.5, 0.6) is 0 Å². The van der Waals surface area contributed by atoms with E-state index in [1.807, 2.05) is 44.0 Å². The number of allylic oxidation sites excluding steroid dienone is 2. The first-order chi connectivity index (χ1) is 5.27. The zero-order chi connectivity index (χ0) is 8.53. The van der Waals surface area contributed by atoms with Crippen LogP contribution in [0.15, 0.2) is 41.8 Å². The zero-order valence-electron chi connectivity index (χ0n) is 7.54. The van der Waals surface area contributed by atoms with Crippen molar-refractivity contribution in [3.8, 4) is 0 Å². The van der Waals surface area contributed by atoms with Crippen LogP contribution >= 0.6 is 0 Å². The summed E-state index contributed by atoms with van der Waals surface area (Å²) in [7, 11) is 0. The van der Waals surface area contributed by atoms with Gasteiger partial charge in [-0.25, -0.2) is 0 Å². The van der Waals surface area contributed by atoms with E-state index in [1.54, 1.807) is 0 Å². The van der Waals surface area contributed by atoms with Crippen LogP contribution in [-0.2, 0) is 0 Å². The average molecular weight is 146 g/mol. The molecule has 0 aromatic carbocycles. The van der Waals surface area contributed by atoms with Crippen LogP contribution < -0.4 is 0 Å². The standard InChI is InChI=1S/C5H5B.C5H10/c1-2-4-6-5-3-1;1-4-5(2)3/h1-5H;4H,1-3H3. The first-order valence-electron chi connectivity index (χ1n) is 3.87. The minimum absolute atomic E-state index is 1.38. The van der Waals surface area contributed by atoms with Crippen LogP contribution in [0.4, 0.5) is 0 Å². The van der Waals surface area contributed by atoms with Gasteiger partial charge in [0, 0.05) is 0 Å². The molecule has 0 atom stereocenters. The van der Waals surface area contributed by atoms with Crippen molar-refractivity contribution < 1.29 is 0 Å². The van der Waals surface area contributed by atoms with Gasteiger partial charge in [0.15, 0.2) is 0 Å². The molecule has 0 saturated heterocycles. The molecule has 0 unspecified atom stereocenters. The van der Waals surface area contributed by atoms with Crippen molar-refractivity contribution in [1.82, 2.24) is 0 Å². The molecule has 11 heavy (non-hydrogen) atoms. The Morgan fingerprint density at radius 1 is 1.09 bits per heavy atom. The third-order valence-corrected chi connectivity index (χ3v) is 1.24. The second-order valence-electron chi connectivity index (χ2n) is 2.52. The van der Waals surface area contributed by atoms with E-state index in [4.69, 9.17) is 0 Å². The first-order valence-corrected chi connectivity index (χ1v) is 3.87. The van der Waals surface area contributed by atoms with E-state index >= 15 is 0 Å². The second kappa shape index (κ2) is 7.26. The van der Waals surface area contributed by atoms with Crippen molar-refractivity contribution in [2.75, 3.05) is 0 Å². The van der Waals surface area contributed by atoms with Gasteiger partial charge in [-0.15, -0.1) is 0 Å². The molecular formula is C10H15B. The first kappa shape index (κ1) is 10.2. The third-order valence-electron chi connectivity index (χ3n) is 1.24. The molecule has 0 bridgehead atoms. The van der Waals surface area contributed by atoms with Crippen molar-refractivity contribution in [3.05, 3.63) is 41.8 Å². The molecule has 1 heterocycles. The Kier molecular flexibility index (Phi) is 6.71. The Bertz CT molecular complexity index is 159. The van der Waals surface area contributed by atoms with E-state index in [0.29, 0.717) is 0 Å². The molecule has 0 N–H and O–H groups in total. The van der Waals surface area contributed by atoms with Crippen LogP contribution in [0.1, 0.15) is 20.8 Å². The van der Waals surface area contributed by atoms with Crippen molar-refractivity contribution in [2.45, 2.75) is 20.8 Å². The molecule has 0 saturated carbocycles. The van der Waals surface area contributed by atoms with E-state index in [0.717, 1.165) is 0 Å². The zero-order valence-corrected chi connectivity index (χ0v) is 7.54. The summed E-state index contributed by atoms with van der Waals surface area (Å²) in [6, 6.07) is 6.00. The van der Waals surface area contributed by atoms with Gasteiger partial charge in [-0.1, -0.05) is 11.6 Å². The van der Waals surface area contributed by atoms with Gasteiger partial charge in [-0.05, 0) is 20.8 Å².